The van der Waals surface area contributed by atoms with Crippen LogP contribution in [0.5, 0.6) is 0 Å². The topological polar surface area (TPSA) is 79.5 Å². The number of piperazine rings is 1. The Bertz CT molecular complexity index is 1080. The number of hydrogen-bond donors (Lipinski definition) is 0. The number of carbonyl (C=O) groups excluding carboxylic acids is 2. The molecule has 7 nitrogen and oxygen atoms in total. The first-order valence-corrected chi connectivity index (χ1v) is 9.91. The maximum absolute atomic E-state index is 13.4. The molecule has 160 valence electrons. The van der Waals surface area contributed by atoms with Gasteiger partial charge in [-0.3, -0.25) is 9.59 Å². The van der Waals surface area contributed by atoms with Crippen LogP contribution in [0.3, 0.4) is 0 Å². The van der Waals surface area contributed by atoms with Crippen molar-refractivity contribution < 1.29 is 22.9 Å². The highest BCUT2D eigenvalue weighted by Gasteiger charge is 2.25. The summed E-state index contributed by atoms with van der Waals surface area (Å²) in [6.45, 7) is 1.38. The summed E-state index contributed by atoms with van der Waals surface area (Å²) < 4.78 is 31.7. The molecule has 0 unspecified atom stereocenters. The molecule has 0 atom stereocenters. The number of nitrogens with zero attached hydrogens (tertiary/aromatic N) is 4. The maximum Gasteiger partial charge on any atom is 0.254 e. The van der Waals surface area contributed by atoms with Gasteiger partial charge in [-0.25, -0.2) is 8.78 Å². The quantitative estimate of drug-likeness (QED) is 0.627. The van der Waals surface area contributed by atoms with Crippen molar-refractivity contribution in [1.82, 2.24) is 19.9 Å². The van der Waals surface area contributed by atoms with Gasteiger partial charge >= 0.3 is 0 Å². The van der Waals surface area contributed by atoms with Gasteiger partial charge in [0.25, 0.3) is 5.91 Å². The third-order valence-electron chi connectivity index (χ3n) is 5.14. The summed E-state index contributed by atoms with van der Waals surface area (Å²) in [5, 5.41) is 3.94. The Labute approximate surface area is 177 Å². The molecule has 0 saturated carbocycles. The van der Waals surface area contributed by atoms with Gasteiger partial charge in [-0.2, -0.15) is 4.98 Å². The summed E-state index contributed by atoms with van der Waals surface area (Å²) in [4.78, 5) is 32.5. The third-order valence-corrected chi connectivity index (χ3v) is 5.14. The van der Waals surface area contributed by atoms with Crippen LogP contribution in [0.2, 0.25) is 0 Å². The normalized spacial score (nSPS) is 14.0. The van der Waals surface area contributed by atoms with Crippen LogP contribution in [0.15, 0.2) is 53.1 Å². The SMILES string of the molecule is O=C(CCc1nc(-c2ccccc2)no1)N1CCN(C(=O)c2ccc(F)c(F)c2)CC1. The van der Waals surface area contributed by atoms with E-state index in [1.807, 2.05) is 30.3 Å². The van der Waals surface area contributed by atoms with Crippen LogP contribution in [-0.2, 0) is 11.2 Å². The van der Waals surface area contributed by atoms with E-state index in [4.69, 9.17) is 4.52 Å². The molecule has 0 aliphatic carbocycles. The molecule has 2 heterocycles. The fourth-order valence-corrected chi connectivity index (χ4v) is 3.40. The third kappa shape index (κ3) is 4.76. The van der Waals surface area contributed by atoms with Crippen molar-refractivity contribution >= 4 is 11.8 Å². The van der Waals surface area contributed by atoms with Crippen LogP contribution >= 0.6 is 0 Å². The maximum atomic E-state index is 13.4. The highest BCUT2D eigenvalue weighted by atomic mass is 19.2. The zero-order chi connectivity index (χ0) is 21.8. The molecule has 0 spiro atoms. The Morgan fingerprint density at radius 1 is 0.935 bits per heavy atom. The van der Waals surface area contributed by atoms with Gasteiger partial charge in [0.15, 0.2) is 11.6 Å². The molecule has 2 aromatic carbocycles. The number of carbonyl (C=O) groups is 2. The first-order valence-electron chi connectivity index (χ1n) is 9.91. The highest BCUT2D eigenvalue weighted by Crippen LogP contribution is 2.16. The van der Waals surface area contributed by atoms with E-state index in [9.17, 15) is 18.4 Å². The van der Waals surface area contributed by atoms with Crippen molar-refractivity contribution in [2.75, 3.05) is 26.2 Å². The fourth-order valence-electron chi connectivity index (χ4n) is 3.40. The zero-order valence-electron chi connectivity index (χ0n) is 16.6. The molecule has 1 saturated heterocycles. The first kappa shape index (κ1) is 20.6. The molecule has 0 bridgehead atoms. The van der Waals surface area contributed by atoms with Crippen LogP contribution in [-0.4, -0.2) is 57.9 Å². The Hall–Kier alpha value is -3.62. The second-order valence-electron chi connectivity index (χ2n) is 7.18. The number of rotatable bonds is 5. The summed E-state index contributed by atoms with van der Waals surface area (Å²) in [6.07, 6.45) is 0.542. The Morgan fingerprint density at radius 3 is 2.35 bits per heavy atom. The van der Waals surface area contributed by atoms with E-state index in [1.165, 1.54) is 11.0 Å². The second kappa shape index (κ2) is 9.03. The van der Waals surface area contributed by atoms with Crippen molar-refractivity contribution in [3.8, 4) is 11.4 Å². The molecular weight excluding hydrogens is 406 g/mol. The molecule has 1 aromatic heterocycles. The van der Waals surface area contributed by atoms with E-state index in [-0.39, 0.29) is 23.8 Å². The summed E-state index contributed by atoms with van der Waals surface area (Å²) in [7, 11) is 0. The lowest BCUT2D eigenvalue weighted by Gasteiger charge is -2.34. The van der Waals surface area contributed by atoms with Crippen LogP contribution < -0.4 is 0 Å². The lowest BCUT2D eigenvalue weighted by molar-refractivity contribution is -0.132. The van der Waals surface area contributed by atoms with Crippen molar-refractivity contribution in [2.24, 2.45) is 0 Å². The Morgan fingerprint density at radius 2 is 1.65 bits per heavy atom. The minimum atomic E-state index is -1.06. The average molecular weight is 426 g/mol. The number of benzene rings is 2. The van der Waals surface area contributed by atoms with Crippen molar-refractivity contribution in [2.45, 2.75) is 12.8 Å². The van der Waals surface area contributed by atoms with E-state index in [2.05, 4.69) is 10.1 Å². The molecule has 0 N–H and O–H groups in total. The fraction of sp³-hybridized carbons (Fsp3) is 0.273. The summed E-state index contributed by atoms with van der Waals surface area (Å²) in [6, 6.07) is 12.5. The van der Waals surface area contributed by atoms with Crippen LogP contribution in [0.4, 0.5) is 8.78 Å². The number of amides is 2. The van der Waals surface area contributed by atoms with E-state index in [1.54, 1.807) is 4.90 Å². The molecule has 2 amide bonds. The predicted octanol–water partition coefficient (Wildman–Crippen LogP) is 2.93. The van der Waals surface area contributed by atoms with E-state index < -0.39 is 11.6 Å². The van der Waals surface area contributed by atoms with Crippen LogP contribution in [0, 0.1) is 11.6 Å². The molecule has 3 aromatic rings. The molecule has 4 rings (SSSR count). The Balaban J connectivity index is 1.27. The van der Waals surface area contributed by atoms with Gasteiger partial charge in [0.1, 0.15) is 0 Å². The monoisotopic (exact) mass is 426 g/mol. The molecule has 1 aliphatic rings. The van der Waals surface area contributed by atoms with E-state index in [0.29, 0.717) is 44.3 Å². The second-order valence-corrected chi connectivity index (χ2v) is 7.18. The van der Waals surface area contributed by atoms with Crippen LogP contribution in [0.1, 0.15) is 22.7 Å². The number of hydrogen-bond acceptors (Lipinski definition) is 5. The zero-order valence-corrected chi connectivity index (χ0v) is 16.6. The van der Waals surface area contributed by atoms with E-state index >= 15 is 0 Å². The summed E-state index contributed by atoms with van der Waals surface area (Å²) >= 11 is 0. The summed E-state index contributed by atoms with van der Waals surface area (Å²) in [5.41, 5.74) is 0.926. The minimum Gasteiger partial charge on any atom is -0.339 e. The highest BCUT2D eigenvalue weighted by molar-refractivity contribution is 5.94. The molecule has 31 heavy (non-hydrogen) atoms. The first-order chi connectivity index (χ1) is 15.0. The van der Waals surface area contributed by atoms with Gasteiger partial charge < -0.3 is 14.3 Å². The Kier molecular flexibility index (Phi) is 6.01. The molecule has 1 aliphatic heterocycles. The average Bonchev–Trinajstić information content (AvgIpc) is 3.29. The standard InChI is InChI=1S/C22H20F2N4O3/c23-17-7-6-16(14-18(17)24)22(30)28-12-10-27(11-13-28)20(29)9-8-19-25-21(26-31-19)15-4-2-1-3-5-15/h1-7,14H,8-13H2. The van der Waals surface area contributed by atoms with Gasteiger partial charge in [0, 0.05) is 50.1 Å². The molecular formula is C22H20F2N4O3. The predicted molar refractivity (Wildman–Crippen MR) is 107 cm³/mol. The van der Waals surface area contributed by atoms with Crippen molar-refractivity contribution in [1.29, 1.82) is 0 Å². The smallest absolute Gasteiger partial charge is 0.254 e. The number of aryl methyl sites for hydroxylation is 1. The van der Waals surface area contributed by atoms with Gasteiger partial charge in [0.2, 0.25) is 17.6 Å². The molecule has 9 heteroatoms. The van der Waals surface area contributed by atoms with Gasteiger partial charge in [0.05, 0.1) is 0 Å². The van der Waals surface area contributed by atoms with Gasteiger partial charge in [-0.15, -0.1) is 0 Å². The molecule has 0 radical (unpaired) electrons. The largest absolute Gasteiger partial charge is 0.339 e. The molecule has 1 fully saturated rings. The number of halogens is 2. The van der Waals surface area contributed by atoms with E-state index in [0.717, 1.165) is 17.7 Å². The van der Waals surface area contributed by atoms with Gasteiger partial charge in [-0.05, 0) is 18.2 Å². The van der Waals surface area contributed by atoms with Crippen LogP contribution in [0.25, 0.3) is 11.4 Å². The van der Waals surface area contributed by atoms with Crippen molar-refractivity contribution in [3.05, 3.63) is 71.6 Å². The lowest BCUT2D eigenvalue weighted by Crippen LogP contribution is -2.50. The minimum absolute atomic E-state index is 0.0700. The lowest BCUT2D eigenvalue weighted by atomic mass is 10.1. The van der Waals surface area contributed by atoms with Crippen molar-refractivity contribution in [3.63, 3.8) is 0 Å². The number of aromatic nitrogens is 2. The summed E-state index contributed by atoms with van der Waals surface area (Å²) in [5.74, 6) is -1.64. The van der Waals surface area contributed by atoms with Gasteiger partial charge in [-0.1, -0.05) is 35.5 Å².